The Hall–Kier alpha value is -0.500. The van der Waals surface area contributed by atoms with E-state index in [1.54, 1.807) is 6.92 Å². The van der Waals surface area contributed by atoms with Gasteiger partial charge in [-0.15, -0.1) is 0 Å². The van der Waals surface area contributed by atoms with Gasteiger partial charge in [0.05, 0.1) is 0 Å². The van der Waals surface area contributed by atoms with Gasteiger partial charge in [-0.25, -0.2) is 0 Å². The molecule has 0 aliphatic heterocycles. The van der Waals surface area contributed by atoms with Crippen LogP contribution >= 0.6 is 11.8 Å². The molecule has 0 heterocycles. The standard InChI is InChI=1S/C19H34OS/c1-3-4-5-6-7-8-9-10-11-12-13-14-15-16-17-18-21-19(2)20/h7-8,10-11H,3-6,9,12-18H2,1-2H3/b8-7-,11-10-. The molecule has 0 aliphatic carbocycles. The van der Waals surface area contributed by atoms with Crippen molar-refractivity contribution in [3.8, 4) is 0 Å². The van der Waals surface area contributed by atoms with Gasteiger partial charge in [0.25, 0.3) is 0 Å². The Labute approximate surface area is 136 Å². The summed E-state index contributed by atoms with van der Waals surface area (Å²) < 4.78 is 0. The van der Waals surface area contributed by atoms with Gasteiger partial charge in [-0.3, -0.25) is 4.79 Å². The predicted octanol–water partition coefficient (Wildman–Crippen LogP) is 6.69. The summed E-state index contributed by atoms with van der Waals surface area (Å²) in [6.07, 6.45) is 23.2. The molecular weight excluding hydrogens is 276 g/mol. The van der Waals surface area contributed by atoms with E-state index < -0.39 is 0 Å². The normalized spacial score (nSPS) is 11.7. The van der Waals surface area contributed by atoms with Gasteiger partial charge < -0.3 is 0 Å². The van der Waals surface area contributed by atoms with Crippen LogP contribution in [-0.4, -0.2) is 10.9 Å². The molecule has 0 spiro atoms. The minimum atomic E-state index is 0.250. The minimum absolute atomic E-state index is 0.250. The second kappa shape index (κ2) is 17.6. The summed E-state index contributed by atoms with van der Waals surface area (Å²) in [5.41, 5.74) is 0. The molecule has 1 nitrogen and oxygen atoms in total. The lowest BCUT2D eigenvalue weighted by molar-refractivity contribution is -0.109. The van der Waals surface area contributed by atoms with Crippen molar-refractivity contribution in [1.29, 1.82) is 0 Å². The fourth-order valence-corrected chi connectivity index (χ4v) is 2.77. The lowest BCUT2D eigenvalue weighted by Gasteiger charge is -1.99. The van der Waals surface area contributed by atoms with Crippen LogP contribution in [-0.2, 0) is 4.79 Å². The molecule has 122 valence electrons. The molecule has 0 radical (unpaired) electrons. The van der Waals surface area contributed by atoms with E-state index in [4.69, 9.17) is 0 Å². The van der Waals surface area contributed by atoms with Crippen LogP contribution in [0.3, 0.4) is 0 Å². The van der Waals surface area contributed by atoms with Gasteiger partial charge >= 0.3 is 0 Å². The third-order valence-corrected chi connectivity index (χ3v) is 4.30. The summed E-state index contributed by atoms with van der Waals surface area (Å²) in [4.78, 5) is 10.7. The molecule has 0 saturated heterocycles. The van der Waals surface area contributed by atoms with E-state index in [9.17, 15) is 4.79 Å². The van der Waals surface area contributed by atoms with Crippen LogP contribution in [0.4, 0.5) is 0 Å². The molecule has 0 fully saturated rings. The first-order valence-electron chi connectivity index (χ1n) is 8.70. The Morgan fingerprint density at radius 1 is 0.810 bits per heavy atom. The Balaban J connectivity index is 3.16. The second-order valence-electron chi connectivity index (χ2n) is 5.57. The number of unbranched alkanes of at least 4 members (excludes halogenated alkanes) is 8. The topological polar surface area (TPSA) is 17.1 Å². The summed E-state index contributed by atoms with van der Waals surface area (Å²) in [6, 6.07) is 0. The van der Waals surface area contributed by atoms with E-state index in [0.717, 1.165) is 12.2 Å². The Kier molecular flexibility index (Phi) is 17.1. The smallest absolute Gasteiger partial charge is 0.185 e. The Morgan fingerprint density at radius 3 is 2.00 bits per heavy atom. The molecule has 0 unspecified atom stereocenters. The molecule has 0 aromatic heterocycles. The van der Waals surface area contributed by atoms with E-state index in [1.165, 1.54) is 76.0 Å². The monoisotopic (exact) mass is 310 g/mol. The van der Waals surface area contributed by atoms with E-state index in [0.29, 0.717) is 0 Å². The average molecular weight is 311 g/mol. The highest BCUT2D eigenvalue weighted by Crippen LogP contribution is 2.10. The molecule has 0 atom stereocenters. The van der Waals surface area contributed by atoms with Crippen molar-refractivity contribution in [2.24, 2.45) is 0 Å². The molecule has 21 heavy (non-hydrogen) atoms. The third kappa shape index (κ3) is 19.5. The van der Waals surface area contributed by atoms with Crippen molar-refractivity contribution in [3.05, 3.63) is 24.3 Å². The number of thioether (sulfide) groups is 1. The van der Waals surface area contributed by atoms with Crippen LogP contribution in [0, 0.1) is 0 Å². The van der Waals surface area contributed by atoms with Gasteiger partial charge in [0.1, 0.15) is 0 Å². The SMILES string of the molecule is CCCCC/C=C\C/C=C\CCCCCCCSC(C)=O. The summed E-state index contributed by atoms with van der Waals surface area (Å²) in [7, 11) is 0. The van der Waals surface area contributed by atoms with E-state index in [2.05, 4.69) is 31.2 Å². The molecule has 0 aromatic carbocycles. The molecule has 0 amide bonds. The number of carbonyl (C=O) groups is 1. The molecular formula is C19H34OS. The zero-order valence-electron chi connectivity index (χ0n) is 14.1. The molecule has 0 saturated carbocycles. The first-order chi connectivity index (χ1) is 10.3. The quantitative estimate of drug-likeness (QED) is 0.262. The minimum Gasteiger partial charge on any atom is -0.288 e. The number of allylic oxidation sites excluding steroid dienone is 4. The number of carbonyl (C=O) groups excluding carboxylic acids is 1. The average Bonchev–Trinajstić information content (AvgIpc) is 2.46. The number of hydrogen-bond donors (Lipinski definition) is 0. The van der Waals surface area contributed by atoms with Gasteiger partial charge in [-0.1, -0.05) is 75.1 Å². The molecule has 0 aromatic rings. The summed E-state index contributed by atoms with van der Waals surface area (Å²) >= 11 is 1.46. The molecule has 0 aliphatic rings. The molecule has 2 heteroatoms. The van der Waals surface area contributed by atoms with Crippen LogP contribution in [0.5, 0.6) is 0 Å². The second-order valence-corrected chi connectivity index (χ2v) is 6.84. The zero-order chi connectivity index (χ0) is 15.6. The lowest BCUT2D eigenvalue weighted by Crippen LogP contribution is -1.86. The number of rotatable bonds is 14. The van der Waals surface area contributed by atoms with E-state index >= 15 is 0 Å². The van der Waals surface area contributed by atoms with Crippen LogP contribution < -0.4 is 0 Å². The van der Waals surface area contributed by atoms with Crippen molar-refractivity contribution in [2.75, 3.05) is 5.75 Å². The van der Waals surface area contributed by atoms with Crippen LogP contribution in [0.1, 0.15) is 84.5 Å². The van der Waals surface area contributed by atoms with Crippen molar-refractivity contribution in [3.63, 3.8) is 0 Å². The van der Waals surface area contributed by atoms with E-state index in [1.807, 2.05) is 0 Å². The highest BCUT2D eigenvalue weighted by atomic mass is 32.2. The molecule has 0 rings (SSSR count). The maximum atomic E-state index is 10.7. The Bertz CT molecular complexity index is 281. The van der Waals surface area contributed by atoms with Gasteiger partial charge in [0.2, 0.25) is 0 Å². The van der Waals surface area contributed by atoms with Crippen LogP contribution in [0.15, 0.2) is 24.3 Å². The first-order valence-corrected chi connectivity index (χ1v) is 9.69. The molecule has 0 N–H and O–H groups in total. The maximum absolute atomic E-state index is 10.7. The fourth-order valence-electron chi connectivity index (χ4n) is 2.13. The fraction of sp³-hybridized carbons (Fsp3) is 0.737. The van der Waals surface area contributed by atoms with Gasteiger partial charge in [-0.05, 0) is 38.5 Å². The number of hydrogen-bond acceptors (Lipinski definition) is 2. The van der Waals surface area contributed by atoms with Crippen molar-refractivity contribution in [2.45, 2.75) is 84.5 Å². The van der Waals surface area contributed by atoms with Gasteiger partial charge in [0, 0.05) is 12.7 Å². The lowest BCUT2D eigenvalue weighted by atomic mass is 10.1. The summed E-state index contributed by atoms with van der Waals surface area (Å²) in [6.45, 7) is 3.90. The highest BCUT2D eigenvalue weighted by Gasteiger charge is 1.94. The summed E-state index contributed by atoms with van der Waals surface area (Å²) in [5.74, 6) is 1.000. The van der Waals surface area contributed by atoms with Crippen molar-refractivity contribution < 1.29 is 4.79 Å². The van der Waals surface area contributed by atoms with Crippen molar-refractivity contribution >= 4 is 16.9 Å². The van der Waals surface area contributed by atoms with Gasteiger partial charge in [0.15, 0.2) is 5.12 Å². The maximum Gasteiger partial charge on any atom is 0.185 e. The molecule has 0 bridgehead atoms. The Morgan fingerprint density at radius 2 is 1.38 bits per heavy atom. The summed E-state index contributed by atoms with van der Waals surface area (Å²) in [5, 5.41) is 0.250. The largest absolute Gasteiger partial charge is 0.288 e. The van der Waals surface area contributed by atoms with Gasteiger partial charge in [-0.2, -0.15) is 0 Å². The van der Waals surface area contributed by atoms with Crippen LogP contribution in [0.25, 0.3) is 0 Å². The van der Waals surface area contributed by atoms with E-state index in [-0.39, 0.29) is 5.12 Å². The predicted molar refractivity (Wildman–Crippen MR) is 97.9 cm³/mol. The third-order valence-electron chi connectivity index (χ3n) is 3.40. The highest BCUT2D eigenvalue weighted by molar-refractivity contribution is 8.13. The first kappa shape index (κ1) is 20.5. The van der Waals surface area contributed by atoms with Crippen LogP contribution in [0.2, 0.25) is 0 Å². The zero-order valence-corrected chi connectivity index (χ0v) is 14.9. The van der Waals surface area contributed by atoms with Crippen molar-refractivity contribution in [1.82, 2.24) is 0 Å².